The fourth-order valence-corrected chi connectivity index (χ4v) is 3.99. The Morgan fingerprint density at radius 1 is 1.16 bits per heavy atom. The molecule has 0 bridgehead atoms. The normalized spacial score (nSPS) is 11.5. The average Bonchev–Trinajstić information content (AvgIpc) is 3.25. The molecule has 2 heterocycles. The molecule has 0 unspecified atom stereocenters. The van der Waals surface area contributed by atoms with Gasteiger partial charge in [-0.1, -0.05) is 13.8 Å². The summed E-state index contributed by atoms with van der Waals surface area (Å²) in [6, 6.07) is 8.31. The number of phenols is 2. The Morgan fingerprint density at radius 3 is 2.59 bits per heavy atom. The number of nitrogens with zero attached hydrogens (tertiary/aromatic N) is 3. The highest BCUT2D eigenvalue weighted by Gasteiger charge is 2.20. The van der Waals surface area contributed by atoms with E-state index in [0.717, 1.165) is 16.5 Å². The summed E-state index contributed by atoms with van der Waals surface area (Å²) in [6.45, 7) is 3.82. The Morgan fingerprint density at radius 2 is 1.91 bits per heavy atom. The second-order valence-electron chi connectivity index (χ2n) is 8.13. The summed E-state index contributed by atoms with van der Waals surface area (Å²) >= 11 is 0. The van der Waals surface area contributed by atoms with Gasteiger partial charge in [0.25, 0.3) is 0 Å². The van der Waals surface area contributed by atoms with Crippen molar-refractivity contribution in [1.29, 1.82) is 0 Å². The maximum Gasteiger partial charge on any atom is 0.348 e. The van der Waals surface area contributed by atoms with Crippen LogP contribution in [0.25, 0.3) is 28.0 Å². The molecule has 0 aliphatic rings. The number of carbonyl (C=O) groups is 1. The molecule has 4 rings (SSSR count). The molecule has 4 N–H and O–H groups in total. The van der Waals surface area contributed by atoms with Gasteiger partial charge in [-0.3, -0.25) is 4.79 Å². The lowest BCUT2D eigenvalue weighted by Crippen LogP contribution is -2.15. The summed E-state index contributed by atoms with van der Waals surface area (Å²) in [5.74, 6) is -0.910. The summed E-state index contributed by atoms with van der Waals surface area (Å²) in [5, 5.41) is 37.1. The lowest BCUT2D eigenvalue weighted by atomic mass is 9.98. The van der Waals surface area contributed by atoms with E-state index in [-0.39, 0.29) is 29.7 Å². The molecule has 32 heavy (non-hydrogen) atoms. The zero-order valence-corrected chi connectivity index (χ0v) is 18.0. The number of hydrogen-bond acceptors (Lipinski definition) is 5. The number of aromatic hydroxyl groups is 2. The third kappa shape index (κ3) is 3.62. The molecule has 4 aromatic rings. The largest absolute Gasteiger partial charge is 0.508 e. The van der Waals surface area contributed by atoms with Crippen molar-refractivity contribution in [1.82, 2.24) is 19.3 Å². The third-order valence-electron chi connectivity index (χ3n) is 5.60. The summed E-state index contributed by atoms with van der Waals surface area (Å²) < 4.78 is 3.26. The minimum atomic E-state index is -0.879. The summed E-state index contributed by atoms with van der Waals surface area (Å²) in [6.07, 6.45) is 2.25. The van der Waals surface area contributed by atoms with Crippen LogP contribution < -0.4 is 5.69 Å². The number of aromatic nitrogens is 4. The first-order valence-electron chi connectivity index (χ1n) is 10.2. The van der Waals surface area contributed by atoms with E-state index < -0.39 is 11.7 Å². The lowest BCUT2D eigenvalue weighted by molar-refractivity contribution is -0.136. The lowest BCUT2D eigenvalue weighted by Gasteiger charge is -2.13. The zero-order chi connectivity index (χ0) is 23.2. The van der Waals surface area contributed by atoms with Crippen molar-refractivity contribution >= 4 is 16.9 Å². The Balaban J connectivity index is 1.89. The van der Waals surface area contributed by atoms with Gasteiger partial charge in [0.1, 0.15) is 11.5 Å². The van der Waals surface area contributed by atoms with E-state index in [1.54, 1.807) is 12.1 Å². The highest BCUT2D eigenvalue weighted by Crippen LogP contribution is 2.37. The van der Waals surface area contributed by atoms with Gasteiger partial charge in [0.15, 0.2) is 5.82 Å². The predicted molar refractivity (Wildman–Crippen MR) is 119 cm³/mol. The SMILES string of the molecule is CC(C)c1cc(-c2n[nH]c(=O)n2-c2ccc3c(c2)c(CCC(=O)O)cn3C)c(O)cc1O. The monoisotopic (exact) mass is 436 g/mol. The number of aryl methyl sites for hydroxylation is 2. The highest BCUT2D eigenvalue weighted by atomic mass is 16.4. The molecular weight excluding hydrogens is 412 g/mol. The molecule has 0 aliphatic carbocycles. The second-order valence-corrected chi connectivity index (χ2v) is 8.13. The fourth-order valence-electron chi connectivity index (χ4n) is 3.99. The van der Waals surface area contributed by atoms with Gasteiger partial charge in [-0.2, -0.15) is 5.10 Å². The number of nitrogens with one attached hydrogen (secondary N) is 1. The van der Waals surface area contributed by atoms with Gasteiger partial charge in [-0.15, -0.1) is 0 Å². The molecule has 166 valence electrons. The van der Waals surface area contributed by atoms with Crippen LogP contribution in [0.15, 0.2) is 41.3 Å². The number of benzene rings is 2. The van der Waals surface area contributed by atoms with E-state index in [9.17, 15) is 19.8 Å². The van der Waals surface area contributed by atoms with Gasteiger partial charge in [0.05, 0.1) is 11.3 Å². The molecular formula is C23H24N4O5. The predicted octanol–water partition coefficient (Wildman–Crippen LogP) is 3.27. The summed E-state index contributed by atoms with van der Waals surface area (Å²) in [5.41, 5.74) is 2.73. The number of fused-ring (bicyclic) bond motifs is 1. The Hall–Kier alpha value is -4.01. The van der Waals surface area contributed by atoms with Crippen LogP contribution in [0.1, 0.15) is 37.3 Å². The van der Waals surface area contributed by atoms with Crippen LogP contribution >= 0.6 is 0 Å². The van der Waals surface area contributed by atoms with Gasteiger partial charge in [0, 0.05) is 36.6 Å². The van der Waals surface area contributed by atoms with E-state index in [1.165, 1.54) is 10.6 Å². The van der Waals surface area contributed by atoms with E-state index in [0.29, 0.717) is 23.2 Å². The average molecular weight is 436 g/mol. The Kier molecular flexibility index (Phi) is 5.25. The van der Waals surface area contributed by atoms with E-state index in [1.807, 2.05) is 43.8 Å². The molecule has 9 nitrogen and oxygen atoms in total. The first-order chi connectivity index (χ1) is 15.2. The molecule has 9 heteroatoms. The number of rotatable bonds is 6. The van der Waals surface area contributed by atoms with Gasteiger partial charge >= 0.3 is 11.7 Å². The molecule has 0 saturated carbocycles. The Bertz CT molecular complexity index is 1390. The minimum Gasteiger partial charge on any atom is -0.508 e. The molecule has 0 radical (unpaired) electrons. The molecule has 0 spiro atoms. The third-order valence-corrected chi connectivity index (χ3v) is 5.60. The molecule has 0 saturated heterocycles. The van der Waals surface area contributed by atoms with Crippen molar-refractivity contribution in [3.63, 3.8) is 0 Å². The van der Waals surface area contributed by atoms with Crippen molar-refractivity contribution < 1.29 is 20.1 Å². The quantitative estimate of drug-likeness (QED) is 0.367. The van der Waals surface area contributed by atoms with Crippen molar-refractivity contribution in [3.8, 4) is 28.6 Å². The van der Waals surface area contributed by atoms with Crippen molar-refractivity contribution in [3.05, 3.63) is 58.1 Å². The number of aromatic amines is 1. The minimum absolute atomic E-state index is 0.000387. The topological polar surface area (TPSA) is 133 Å². The van der Waals surface area contributed by atoms with Gasteiger partial charge in [-0.05, 0) is 47.7 Å². The standard InChI is InChI=1S/C23H24N4O5/c1-12(2)15-9-17(20(29)10-19(15)28)22-24-25-23(32)27(22)14-5-6-18-16(8-14)13(11-26(18)3)4-7-21(30)31/h5-6,8-12,28-29H,4,7H2,1-3H3,(H,25,32)(H,30,31). The van der Waals surface area contributed by atoms with Crippen LogP contribution in [0, 0.1) is 0 Å². The van der Waals surface area contributed by atoms with E-state index >= 15 is 0 Å². The van der Waals surface area contributed by atoms with E-state index in [2.05, 4.69) is 10.2 Å². The van der Waals surface area contributed by atoms with Crippen LogP contribution in [0.5, 0.6) is 11.5 Å². The van der Waals surface area contributed by atoms with Crippen LogP contribution in [0.4, 0.5) is 0 Å². The number of carboxylic acid groups (broad SMARTS) is 1. The maximum absolute atomic E-state index is 12.7. The number of phenolic OH excluding ortho intramolecular Hbond substituents is 2. The van der Waals surface area contributed by atoms with Crippen LogP contribution in [-0.2, 0) is 18.3 Å². The first-order valence-corrected chi connectivity index (χ1v) is 10.2. The highest BCUT2D eigenvalue weighted by molar-refractivity contribution is 5.86. The van der Waals surface area contributed by atoms with Crippen LogP contribution in [-0.4, -0.2) is 40.6 Å². The molecule has 0 amide bonds. The van der Waals surface area contributed by atoms with Crippen molar-refractivity contribution in [2.75, 3.05) is 0 Å². The molecule has 0 atom stereocenters. The van der Waals surface area contributed by atoms with Crippen molar-refractivity contribution in [2.45, 2.75) is 32.6 Å². The summed E-state index contributed by atoms with van der Waals surface area (Å²) in [7, 11) is 1.88. The van der Waals surface area contributed by atoms with Crippen LogP contribution in [0.3, 0.4) is 0 Å². The zero-order valence-electron chi connectivity index (χ0n) is 18.0. The van der Waals surface area contributed by atoms with Gasteiger partial charge in [-0.25, -0.2) is 14.5 Å². The second kappa shape index (κ2) is 7.92. The summed E-state index contributed by atoms with van der Waals surface area (Å²) in [4.78, 5) is 23.7. The number of H-pyrrole nitrogens is 1. The number of hydrogen-bond donors (Lipinski definition) is 4. The van der Waals surface area contributed by atoms with Crippen LogP contribution in [0.2, 0.25) is 0 Å². The first kappa shape index (κ1) is 21.2. The fraction of sp³-hybridized carbons (Fsp3) is 0.261. The number of aliphatic carboxylic acids is 1. The smallest absolute Gasteiger partial charge is 0.348 e. The molecule has 0 aliphatic heterocycles. The molecule has 0 fully saturated rings. The van der Waals surface area contributed by atoms with Gasteiger partial charge in [0.2, 0.25) is 0 Å². The van der Waals surface area contributed by atoms with E-state index in [4.69, 9.17) is 5.11 Å². The molecule has 2 aromatic heterocycles. The maximum atomic E-state index is 12.7. The van der Waals surface area contributed by atoms with Gasteiger partial charge < -0.3 is 19.9 Å². The van der Waals surface area contributed by atoms with Crippen molar-refractivity contribution in [2.24, 2.45) is 7.05 Å². The number of carboxylic acids is 1. The molecule has 2 aromatic carbocycles. The Labute approximate surface area is 183 Å².